The van der Waals surface area contributed by atoms with Crippen LogP contribution in [0.15, 0.2) is 60.7 Å². The van der Waals surface area contributed by atoms with E-state index in [-0.39, 0.29) is 11.8 Å². The number of piperazine rings is 1. The fraction of sp³-hybridized carbons (Fsp3) is 0.355. The van der Waals surface area contributed by atoms with Crippen molar-refractivity contribution in [3.63, 3.8) is 0 Å². The van der Waals surface area contributed by atoms with E-state index in [1.165, 1.54) is 0 Å². The van der Waals surface area contributed by atoms with Gasteiger partial charge in [0, 0.05) is 38.3 Å². The van der Waals surface area contributed by atoms with E-state index in [1.807, 2.05) is 64.4 Å². The number of carbonyl (C=O) groups is 2. The normalized spacial score (nSPS) is 20.1. The number of carbonyl (C=O) groups excluding carboxylic acids is 2. The summed E-state index contributed by atoms with van der Waals surface area (Å²) in [4.78, 5) is 34.2. The molecule has 2 amide bonds. The largest absolute Gasteiger partial charge is 0.495 e. The van der Waals surface area contributed by atoms with Gasteiger partial charge in [0.25, 0.3) is 5.91 Å². The lowest BCUT2D eigenvalue weighted by atomic mass is 9.75. The second-order valence-electron chi connectivity index (χ2n) is 10.1. The van der Waals surface area contributed by atoms with E-state index in [2.05, 4.69) is 11.0 Å². The average molecular weight is 528 g/mol. The number of para-hydroxylation sites is 2. The third-order valence-electron chi connectivity index (χ3n) is 8.31. The summed E-state index contributed by atoms with van der Waals surface area (Å²) in [5.41, 5.74) is 4.48. The molecule has 3 aliphatic heterocycles. The molecule has 8 heteroatoms. The molecule has 0 radical (unpaired) electrons. The molecule has 0 N–H and O–H groups in total. The minimum atomic E-state index is -0.506. The molecule has 1 fully saturated rings. The highest BCUT2D eigenvalue weighted by atomic mass is 16.5. The van der Waals surface area contributed by atoms with Crippen LogP contribution < -0.4 is 19.1 Å². The fourth-order valence-electron chi connectivity index (χ4n) is 6.38. The van der Waals surface area contributed by atoms with Gasteiger partial charge >= 0.3 is 0 Å². The van der Waals surface area contributed by atoms with Crippen molar-refractivity contribution in [1.29, 1.82) is 0 Å². The molecular weight excluding hydrogens is 494 g/mol. The number of ether oxygens (including phenoxy) is 3. The predicted molar refractivity (Wildman–Crippen MR) is 148 cm³/mol. The second-order valence-corrected chi connectivity index (χ2v) is 10.1. The van der Waals surface area contributed by atoms with Gasteiger partial charge < -0.3 is 28.9 Å². The van der Waals surface area contributed by atoms with Crippen LogP contribution in [0.4, 0.5) is 5.69 Å². The van der Waals surface area contributed by atoms with Crippen molar-refractivity contribution in [3.8, 4) is 17.2 Å². The number of fused-ring (bicyclic) bond motifs is 4. The maximum absolute atomic E-state index is 14.4. The van der Waals surface area contributed by atoms with E-state index in [1.54, 1.807) is 21.3 Å². The Balaban J connectivity index is 1.36. The first-order chi connectivity index (χ1) is 19.0. The zero-order chi connectivity index (χ0) is 27.1. The summed E-state index contributed by atoms with van der Waals surface area (Å²) in [6, 6.07) is 19.1. The van der Waals surface area contributed by atoms with Crippen LogP contribution in [-0.2, 0) is 11.2 Å². The van der Waals surface area contributed by atoms with Gasteiger partial charge in [0.05, 0.1) is 39.0 Å². The molecule has 0 saturated carbocycles. The molecule has 1 saturated heterocycles. The Morgan fingerprint density at radius 3 is 2.18 bits per heavy atom. The monoisotopic (exact) mass is 527 g/mol. The second kappa shape index (κ2) is 10.2. The van der Waals surface area contributed by atoms with Crippen molar-refractivity contribution < 1.29 is 23.8 Å². The molecule has 2 atom stereocenters. The van der Waals surface area contributed by atoms with Gasteiger partial charge in [0.15, 0.2) is 11.5 Å². The summed E-state index contributed by atoms with van der Waals surface area (Å²) in [6.45, 7) is 3.14. The molecule has 3 aromatic rings. The highest BCUT2D eigenvalue weighted by Crippen LogP contribution is 2.49. The SMILES string of the molecule is COc1cc2c(cc1OC)[C@H]1[C@@H](C(=O)N3CCN(c4ccccc4OC)CC3)c3ccccc3C(=O)N1CC2. The molecule has 0 aliphatic carbocycles. The Morgan fingerprint density at radius 1 is 0.769 bits per heavy atom. The third kappa shape index (κ3) is 4.15. The van der Waals surface area contributed by atoms with Crippen LogP contribution >= 0.6 is 0 Å². The van der Waals surface area contributed by atoms with Crippen molar-refractivity contribution >= 4 is 17.5 Å². The fourth-order valence-corrected chi connectivity index (χ4v) is 6.38. The Bertz CT molecular complexity index is 1420. The van der Waals surface area contributed by atoms with Crippen molar-refractivity contribution in [2.24, 2.45) is 0 Å². The summed E-state index contributed by atoms with van der Waals surface area (Å²) in [5, 5.41) is 0. The van der Waals surface area contributed by atoms with Gasteiger partial charge in [-0.25, -0.2) is 0 Å². The van der Waals surface area contributed by atoms with Gasteiger partial charge in [0.2, 0.25) is 5.91 Å². The van der Waals surface area contributed by atoms with Crippen LogP contribution in [0.25, 0.3) is 0 Å². The lowest BCUT2D eigenvalue weighted by Gasteiger charge is -2.47. The molecule has 3 heterocycles. The minimum absolute atomic E-state index is 0.0268. The smallest absolute Gasteiger partial charge is 0.254 e. The highest BCUT2D eigenvalue weighted by Gasteiger charge is 2.48. The minimum Gasteiger partial charge on any atom is -0.495 e. The van der Waals surface area contributed by atoms with Crippen LogP contribution in [0.3, 0.4) is 0 Å². The molecule has 0 unspecified atom stereocenters. The van der Waals surface area contributed by atoms with Crippen molar-refractivity contribution in [2.45, 2.75) is 18.4 Å². The van der Waals surface area contributed by atoms with E-state index in [9.17, 15) is 9.59 Å². The maximum Gasteiger partial charge on any atom is 0.254 e. The molecule has 202 valence electrons. The molecular formula is C31H33N3O5. The summed E-state index contributed by atoms with van der Waals surface area (Å²) >= 11 is 0. The number of anilines is 1. The van der Waals surface area contributed by atoms with Crippen LogP contribution in [0.1, 0.15) is 39.0 Å². The maximum atomic E-state index is 14.4. The summed E-state index contributed by atoms with van der Waals surface area (Å²) < 4.78 is 16.7. The zero-order valence-corrected chi connectivity index (χ0v) is 22.6. The molecule has 3 aliphatic rings. The molecule has 0 bridgehead atoms. The Hall–Kier alpha value is -4.20. The number of hydrogen-bond donors (Lipinski definition) is 0. The van der Waals surface area contributed by atoms with Crippen LogP contribution in [0.5, 0.6) is 17.2 Å². The molecule has 0 spiro atoms. The van der Waals surface area contributed by atoms with E-state index in [0.717, 1.165) is 28.1 Å². The number of nitrogens with zero attached hydrogens (tertiary/aromatic N) is 3. The Labute approximate surface area is 228 Å². The Kier molecular flexibility index (Phi) is 6.54. The van der Waals surface area contributed by atoms with Crippen molar-refractivity contribution in [2.75, 3.05) is 59.0 Å². The van der Waals surface area contributed by atoms with E-state index in [0.29, 0.717) is 56.2 Å². The molecule has 39 heavy (non-hydrogen) atoms. The van der Waals surface area contributed by atoms with Crippen molar-refractivity contribution in [1.82, 2.24) is 9.80 Å². The number of hydrogen-bond acceptors (Lipinski definition) is 6. The van der Waals surface area contributed by atoms with Gasteiger partial charge in [-0.05, 0) is 53.4 Å². The lowest BCUT2D eigenvalue weighted by molar-refractivity contribution is -0.135. The first kappa shape index (κ1) is 25.1. The molecule has 3 aromatic carbocycles. The van der Waals surface area contributed by atoms with Gasteiger partial charge in [-0.3, -0.25) is 9.59 Å². The first-order valence-electron chi connectivity index (χ1n) is 13.4. The molecule has 6 rings (SSSR count). The lowest BCUT2D eigenvalue weighted by Crippen LogP contribution is -2.54. The topological polar surface area (TPSA) is 71.5 Å². The van der Waals surface area contributed by atoms with Gasteiger partial charge in [-0.15, -0.1) is 0 Å². The van der Waals surface area contributed by atoms with E-state index >= 15 is 0 Å². The molecule has 0 aromatic heterocycles. The highest BCUT2D eigenvalue weighted by molar-refractivity contribution is 6.01. The van der Waals surface area contributed by atoms with Crippen LogP contribution in [-0.4, -0.2) is 75.7 Å². The first-order valence-corrected chi connectivity index (χ1v) is 13.4. The van der Waals surface area contributed by atoms with Gasteiger partial charge in [-0.1, -0.05) is 30.3 Å². The van der Waals surface area contributed by atoms with Gasteiger partial charge in [0.1, 0.15) is 5.75 Å². The van der Waals surface area contributed by atoms with Crippen LogP contribution in [0.2, 0.25) is 0 Å². The summed E-state index contributed by atoms with van der Waals surface area (Å²) in [5.74, 6) is 1.60. The molecule has 8 nitrogen and oxygen atoms in total. The predicted octanol–water partition coefficient (Wildman–Crippen LogP) is 3.90. The number of benzene rings is 3. The average Bonchev–Trinajstić information content (AvgIpc) is 3.00. The Morgan fingerprint density at radius 2 is 1.44 bits per heavy atom. The van der Waals surface area contributed by atoms with Crippen molar-refractivity contribution in [3.05, 3.63) is 82.9 Å². The summed E-state index contributed by atoms with van der Waals surface area (Å²) in [7, 11) is 4.91. The number of rotatable bonds is 5. The zero-order valence-electron chi connectivity index (χ0n) is 22.6. The number of amides is 2. The van der Waals surface area contributed by atoms with Crippen LogP contribution in [0, 0.1) is 0 Å². The quantitative estimate of drug-likeness (QED) is 0.501. The summed E-state index contributed by atoms with van der Waals surface area (Å²) in [6.07, 6.45) is 0.693. The van der Waals surface area contributed by atoms with Gasteiger partial charge in [-0.2, -0.15) is 0 Å². The van der Waals surface area contributed by atoms with E-state index in [4.69, 9.17) is 14.2 Å². The number of methoxy groups -OCH3 is 3. The third-order valence-corrected chi connectivity index (χ3v) is 8.31. The van der Waals surface area contributed by atoms with E-state index < -0.39 is 12.0 Å². The standard InChI is InChI=1S/C31H33N3O5/c1-37-25-11-7-6-10-24(25)32-14-16-33(17-15-32)31(36)28-21-8-4-5-9-22(21)30(35)34-13-12-20-18-26(38-2)27(39-3)19-23(20)29(28)34/h4-11,18-19,28-29H,12-17H2,1-3H3/t28-,29-/m0/s1.